The maximum absolute atomic E-state index is 13.0. The van der Waals surface area contributed by atoms with Crippen molar-refractivity contribution in [2.45, 2.75) is 52.7 Å². The van der Waals surface area contributed by atoms with Crippen LogP contribution in [0.4, 0.5) is 0 Å². The van der Waals surface area contributed by atoms with Crippen molar-refractivity contribution in [1.29, 1.82) is 0 Å². The average Bonchev–Trinajstić information content (AvgIpc) is 3.36. The number of carbonyl (C=O) groups excluding carboxylic acids is 1. The van der Waals surface area contributed by atoms with Crippen LogP contribution in [0.25, 0.3) is 0 Å². The number of amides is 1. The van der Waals surface area contributed by atoms with Gasteiger partial charge in [0.15, 0.2) is 0 Å². The van der Waals surface area contributed by atoms with Crippen molar-refractivity contribution < 1.29 is 14.3 Å². The Morgan fingerprint density at radius 1 is 1.00 bits per heavy atom. The average molecular weight is 496 g/mol. The van der Waals surface area contributed by atoms with E-state index in [0.717, 1.165) is 48.0 Å². The number of hydrogen-bond acceptors (Lipinski definition) is 6. The zero-order valence-corrected chi connectivity index (χ0v) is 22.3. The summed E-state index contributed by atoms with van der Waals surface area (Å²) >= 11 is 1.55. The summed E-state index contributed by atoms with van der Waals surface area (Å²) in [7, 11) is 3.34. The molecule has 0 aliphatic heterocycles. The number of nitrogens with zero attached hydrogens (tertiary/aromatic N) is 3. The highest BCUT2D eigenvalue weighted by molar-refractivity contribution is 7.09. The SMILES string of the molecule is CCCN(CCC)C(=O)c1csc(CN(Cc2ccc(OC)cc2OC)C(C)c2ccccc2)n1. The number of methoxy groups -OCH3 is 2. The predicted molar refractivity (Wildman–Crippen MR) is 142 cm³/mol. The van der Waals surface area contributed by atoms with Gasteiger partial charge in [0.2, 0.25) is 0 Å². The van der Waals surface area contributed by atoms with Crippen molar-refractivity contribution in [3.05, 3.63) is 75.7 Å². The van der Waals surface area contributed by atoms with E-state index in [9.17, 15) is 4.79 Å². The van der Waals surface area contributed by atoms with Gasteiger partial charge in [-0.3, -0.25) is 9.69 Å². The molecule has 7 heteroatoms. The van der Waals surface area contributed by atoms with E-state index < -0.39 is 0 Å². The van der Waals surface area contributed by atoms with Crippen LogP contribution >= 0.6 is 11.3 Å². The van der Waals surface area contributed by atoms with Crippen LogP contribution in [0.1, 0.15) is 66.3 Å². The standard InChI is InChI=1S/C28H37N3O3S/c1-6-15-30(16-7-2)28(32)25-20-35-27(29-25)19-31(21(3)22-11-9-8-10-12-22)18-23-13-14-24(33-4)17-26(23)34-5/h8-14,17,20-21H,6-7,15-16,18-19H2,1-5H3. The lowest BCUT2D eigenvalue weighted by Crippen LogP contribution is -2.32. The third kappa shape index (κ3) is 7.05. The van der Waals surface area contributed by atoms with Gasteiger partial charge in [-0.1, -0.05) is 50.2 Å². The first kappa shape index (κ1) is 26.7. The minimum absolute atomic E-state index is 0.0238. The Bertz CT molecular complexity index is 1060. The fourth-order valence-electron chi connectivity index (χ4n) is 4.15. The molecule has 188 valence electrons. The third-order valence-electron chi connectivity index (χ3n) is 6.08. The molecule has 6 nitrogen and oxygen atoms in total. The lowest BCUT2D eigenvalue weighted by atomic mass is 10.1. The van der Waals surface area contributed by atoms with E-state index in [1.165, 1.54) is 5.56 Å². The van der Waals surface area contributed by atoms with Crippen LogP contribution in [-0.2, 0) is 13.1 Å². The normalized spacial score (nSPS) is 11.9. The molecule has 0 saturated carbocycles. The first-order chi connectivity index (χ1) is 17.0. The molecule has 0 fully saturated rings. The molecule has 0 spiro atoms. The third-order valence-corrected chi connectivity index (χ3v) is 6.91. The molecule has 35 heavy (non-hydrogen) atoms. The van der Waals surface area contributed by atoms with E-state index >= 15 is 0 Å². The van der Waals surface area contributed by atoms with Gasteiger partial charge in [0.05, 0.1) is 20.8 Å². The molecule has 0 saturated heterocycles. The van der Waals surface area contributed by atoms with E-state index in [4.69, 9.17) is 14.5 Å². The maximum Gasteiger partial charge on any atom is 0.273 e. The molecule has 0 radical (unpaired) electrons. The second-order valence-electron chi connectivity index (χ2n) is 8.59. The van der Waals surface area contributed by atoms with Crippen LogP contribution in [0.3, 0.4) is 0 Å². The maximum atomic E-state index is 13.0. The number of aromatic nitrogens is 1. The number of thiazole rings is 1. The molecule has 3 rings (SSSR count). The lowest BCUT2D eigenvalue weighted by molar-refractivity contribution is 0.0750. The van der Waals surface area contributed by atoms with Gasteiger partial charge in [0, 0.05) is 42.7 Å². The summed E-state index contributed by atoms with van der Waals surface area (Å²) in [6.45, 7) is 9.21. The van der Waals surface area contributed by atoms with Crippen LogP contribution in [0.2, 0.25) is 0 Å². The molecule has 1 aromatic heterocycles. The minimum Gasteiger partial charge on any atom is -0.497 e. The number of benzene rings is 2. The molecule has 0 aliphatic rings. The van der Waals surface area contributed by atoms with Gasteiger partial charge in [-0.05, 0) is 31.4 Å². The van der Waals surface area contributed by atoms with Gasteiger partial charge in [0.25, 0.3) is 5.91 Å². The summed E-state index contributed by atoms with van der Waals surface area (Å²) < 4.78 is 11.0. The van der Waals surface area contributed by atoms with Crippen LogP contribution in [0, 0.1) is 0 Å². The second kappa shape index (κ2) is 13.3. The van der Waals surface area contributed by atoms with Crippen molar-refractivity contribution in [3.63, 3.8) is 0 Å². The molecule has 1 amide bonds. The number of carbonyl (C=O) groups is 1. The number of rotatable bonds is 13. The molecule has 3 aromatic rings. The van der Waals surface area contributed by atoms with Gasteiger partial charge in [-0.25, -0.2) is 4.98 Å². The van der Waals surface area contributed by atoms with E-state index in [1.807, 2.05) is 34.5 Å². The fourth-order valence-corrected chi connectivity index (χ4v) is 4.94. The minimum atomic E-state index is 0.0238. The van der Waals surface area contributed by atoms with E-state index in [-0.39, 0.29) is 11.9 Å². The zero-order valence-electron chi connectivity index (χ0n) is 21.5. The summed E-state index contributed by atoms with van der Waals surface area (Å²) in [5.41, 5.74) is 2.84. The van der Waals surface area contributed by atoms with E-state index in [0.29, 0.717) is 18.8 Å². The summed E-state index contributed by atoms with van der Waals surface area (Å²) in [6, 6.07) is 16.5. The fraction of sp³-hybridized carbons (Fsp3) is 0.429. The van der Waals surface area contributed by atoms with Crippen molar-refractivity contribution in [2.75, 3.05) is 27.3 Å². The number of hydrogen-bond donors (Lipinski definition) is 0. The molecule has 0 bridgehead atoms. The summed E-state index contributed by atoms with van der Waals surface area (Å²) in [5.74, 6) is 1.58. The second-order valence-corrected chi connectivity index (χ2v) is 9.53. The van der Waals surface area contributed by atoms with Gasteiger partial charge in [-0.15, -0.1) is 11.3 Å². The van der Waals surface area contributed by atoms with E-state index in [1.54, 1.807) is 25.6 Å². The topological polar surface area (TPSA) is 54.9 Å². The molecule has 1 atom stereocenters. The molecule has 0 N–H and O–H groups in total. The van der Waals surface area contributed by atoms with Gasteiger partial charge in [0.1, 0.15) is 22.2 Å². The van der Waals surface area contributed by atoms with Crippen LogP contribution in [0.15, 0.2) is 53.9 Å². The molecular formula is C28H37N3O3S. The van der Waals surface area contributed by atoms with E-state index in [2.05, 4.69) is 49.9 Å². The Balaban J connectivity index is 1.86. The Labute approximate surface area is 213 Å². The highest BCUT2D eigenvalue weighted by atomic mass is 32.1. The highest BCUT2D eigenvalue weighted by Crippen LogP contribution is 2.31. The molecule has 1 heterocycles. The Morgan fingerprint density at radius 3 is 2.34 bits per heavy atom. The predicted octanol–water partition coefficient (Wildman–Crippen LogP) is 6.19. The first-order valence-corrected chi connectivity index (χ1v) is 13.1. The van der Waals surface area contributed by atoms with Crippen molar-refractivity contribution in [3.8, 4) is 11.5 Å². The summed E-state index contributed by atoms with van der Waals surface area (Å²) in [4.78, 5) is 22.1. The Morgan fingerprint density at radius 2 is 1.71 bits per heavy atom. The van der Waals surface area contributed by atoms with Crippen LogP contribution in [0.5, 0.6) is 11.5 Å². The Kier molecular flexibility index (Phi) is 10.1. The first-order valence-electron chi connectivity index (χ1n) is 12.2. The number of ether oxygens (including phenoxy) is 2. The smallest absolute Gasteiger partial charge is 0.273 e. The molecule has 0 aliphatic carbocycles. The lowest BCUT2D eigenvalue weighted by Gasteiger charge is -2.29. The van der Waals surface area contributed by atoms with Crippen LogP contribution in [-0.4, -0.2) is 48.0 Å². The summed E-state index contributed by atoms with van der Waals surface area (Å²) in [6.07, 6.45) is 1.88. The summed E-state index contributed by atoms with van der Waals surface area (Å²) in [5, 5.41) is 2.83. The largest absolute Gasteiger partial charge is 0.497 e. The Hall–Kier alpha value is -2.90. The monoisotopic (exact) mass is 495 g/mol. The van der Waals surface area contributed by atoms with Crippen molar-refractivity contribution >= 4 is 17.2 Å². The highest BCUT2D eigenvalue weighted by Gasteiger charge is 2.22. The van der Waals surface area contributed by atoms with Gasteiger partial charge < -0.3 is 14.4 Å². The van der Waals surface area contributed by atoms with Crippen molar-refractivity contribution in [2.24, 2.45) is 0 Å². The van der Waals surface area contributed by atoms with Crippen molar-refractivity contribution in [1.82, 2.24) is 14.8 Å². The van der Waals surface area contributed by atoms with Crippen LogP contribution < -0.4 is 9.47 Å². The van der Waals surface area contributed by atoms with Gasteiger partial charge in [-0.2, -0.15) is 0 Å². The molecule has 2 aromatic carbocycles. The molecule has 1 unspecified atom stereocenters. The quantitative estimate of drug-likeness (QED) is 0.283. The van der Waals surface area contributed by atoms with Gasteiger partial charge >= 0.3 is 0 Å². The molecular weight excluding hydrogens is 458 g/mol. The zero-order chi connectivity index (χ0) is 25.2.